The summed E-state index contributed by atoms with van der Waals surface area (Å²) in [7, 11) is 0. The van der Waals surface area contributed by atoms with Gasteiger partial charge in [0.2, 0.25) is 5.91 Å². The molecule has 27 heavy (non-hydrogen) atoms. The van der Waals surface area contributed by atoms with Crippen LogP contribution in [0.2, 0.25) is 0 Å². The highest BCUT2D eigenvalue weighted by molar-refractivity contribution is 7.15. The minimum Gasteiger partial charge on any atom is -0.508 e. The lowest BCUT2D eigenvalue weighted by atomic mass is 10.1. The third-order valence-electron chi connectivity index (χ3n) is 4.51. The van der Waals surface area contributed by atoms with E-state index in [0.717, 1.165) is 26.7 Å². The summed E-state index contributed by atoms with van der Waals surface area (Å²) in [6, 6.07) is 15.3. The Morgan fingerprint density at radius 2 is 1.85 bits per heavy atom. The zero-order chi connectivity index (χ0) is 19.4. The number of aryl methyl sites for hydroxylation is 3. The Hall–Kier alpha value is -2.66. The maximum absolute atomic E-state index is 12.3. The number of nitrogens with zero attached hydrogens (tertiary/aromatic N) is 1. The maximum Gasteiger partial charge on any atom is 0.220 e. The van der Waals surface area contributed by atoms with Crippen LogP contribution in [-0.2, 0) is 11.2 Å². The number of phenolic OH excluding ortho intramolecular Hbond substituents is 1. The average Bonchev–Trinajstić information content (AvgIpc) is 3.03. The van der Waals surface area contributed by atoms with Crippen molar-refractivity contribution in [2.45, 2.75) is 39.7 Å². The van der Waals surface area contributed by atoms with Gasteiger partial charge >= 0.3 is 0 Å². The fraction of sp³-hybridized carbons (Fsp3) is 0.273. The first-order valence-electron chi connectivity index (χ1n) is 9.04. The molecule has 3 rings (SSSR count). The van der Waals surface area contributed by atoms with Crippen LogP contribution in [0.25, 0.3) is 10.6 Å². The van der Waals surface area contributed by atoms with E-state index >= 15 is 0 Å². The van der Waals surface area contributed by atoms with Crippen molar-refractivity contribution in [2.24, 2.45) is 0 Å². The Bertz CT molecular complexity index is 932. The molecule has 140 valence electrons. The molecule has 0 aliphatic carbocycles. The smallest absolute Gasteiger partial charge is 0.220 e. The number of carbonyl (C=O) groups excluding carboxylic acids is 1. The van der Waals surface area contributed by atoms with E-state index in [-0.39, 0.29) is 17.7 Å². The van der Waals surface area contributed by atoms with Crippen LogP contribution < -0.4 is 5.32 Å². The number of carbonyl (C=O) groups is 1. The van der Waals surface area contributed by atoms with Gasteiger partial charge < -0.3 is 10.4 Å². The van der Waals surface area contributed by atoms with E-state index in [1.807, 2.05) is 26.0 Å². The van der Waals surface area contributed by atoms with Crippen LogP contribution in [-0.4, -0.2) is 16.0 Å². The molecule has 2 aromatic carbocycles. The number of hydrogen-bond acceptors (Lipinski definition) is 4. The van der Waals surface area contributed by atoms with Crippen LogP contribution in [0, 0.1) is 13.8 Å². The van der Waals surface area contributed by atoms with Gasteiger partial charge in [0.1, 0.15) is 10.8 Å². The van der Waals surface area contributed by atoms with Crippen molar-refractivity contribution in [2.75, 3.05) is 0 Å². The lowest BCUT2D eigenvalue weighted by Gasteiger charge is -2.13. The zero-order valence-electron chi connectivity index (χ0n) is 15.8. The Morgan fingerprint density at radius 1 is 1.15 bits per heavy atom. The van der Waals surface area contributed by atoms with E-state index < -0.39 is 0 Å². The van der Waals surface area contributed by atoms with E-state index in [4.69, 9.17) is 0 Å². The van der Waals surface area contributed by atoms with Crippen molar-refractivity contribution < 1.29 is 9.90 Å². The summed E-state index contributed by atoms with van der Waals surface area (Å²) in [5.74, 6) is 0.204. The molecule has 5 heteroatoms. The molecule has 1 amide bonds. The second kappa shape index (κ2) is 8.35. The van der Waals surface area contributed by atoms with E-state index in [1.54, 1.807) is 23.5 Å². The number of rotatable bonds is 6. The monoisotopic (exact) mass is 380 g/mol. The van der Waals surface area contributed by atoms with Crippen LogP contribution in [0.5, 0.6) is 5.75 Å². The van der Waals surface area contributed by atoms with Crippen molar-refractivity contribution in [1.29, 1.82) is 0 Å². The highest BCUT2D eigenvalue weighted by Gasteiger charge is 2.17. The fourth-order valence-corrected chi connectivity index (χ4v) is 4.05. The number of para-hydroxylation sites is 1. The second-order valence-corrected chi connectivity index (χ2v) is 7.78. The van der Waals surface area contributed by atoms with Gasteiger partial charge in [-0.1, -0.05) is 48.0 Å². The number of amides is 1. The van der Waals surface area contributed by atoms with Gasteiger partial charge in [0.05, 0.1) is 16.6 Å². The maximum atomic E-state index is 12.3. The number of phenols is 1. The van der Waals surface area contributed by atoms with Gasteiger partial charge in [0, 0.05) is 12.0 Å². The molecule has 0 saturated heterocycles. The molecular weight excluding hydrogens is 356 g/mol. The van der Waals surface area contributed by atoms with Crippen molar-refractivity contribution >= 4 is 17.2 Å². The first-order valence-corrected chi connectivity index (χ1v) is 9.86. The molecule has 4 nitrogen and oxygen atoms in total. The summed E-state index contributed by atoms with van der Waals surface area (Å²) in [6.45, 7) is 6.03. The molecule has 0 aliphatic heterocycles. The SMILES string of the molecule is Cc1ccc(-c2nc(C)c(C(C)NC(=O)CCc3ccccc3O)s2)cc1. The first kappa shape index (κ1) is 19.1. The molecule has 1 aromatic heterocycles. The van der Waals surface area contributed by atoms with Crippen LogP contribution in [0.1, 0.15) is 41.1 Å². The summed E-state index contributed by atoms with van der Waals surface area (Å²) in [5, 5.41) is 13.8. The van der Waals surface area contributed by atoms with Gasteiger partial charge in [0.15, 0.2) is 0 Å². The summed E-state index contributed by atoms with van der Waals surface area (Å²) in [5.41, 5.74) is 4.05. The van der Waals surface area contributed by atoms with Gasteiger partial charge in [-0.15, -0.1) is 11.3 Å². The summed E-state index contributed by atoms with van der Waals surface area (Å²) >= 11 is 1.62. The highest BCUT2D eigenvalue weighted by Crippen LogP contribution is 2.32. The molecule has 0 aliphatic rings. The zero-order valence-corrected chi connectivity index (χ0v) is 16.6. The topological polar surface area (TPSA) is 62.2 Å². The Balaban J connectivity index is 1.63. The summed E-state index contributed by atoms with van der Waals surface area (Å²) in [6.07, 6.45) is 0.853. The van der Waals surface area contributed by atoms with Crippen molar-refractivity contribution in [1.82, 2.24) is 10.3 Å². The summed E-state index contributed by atoms with van der Waals surface area (Å²) in [4.78, 5) is 18.1. The number of aromatic nitrogens is 1. The lowest BCUT2D eigenvalue weighted by molar-refractivity contribution is -0.121. The number of hydrogen-bond donors (Lipinski definition) is 2. The summed E-state index contributed by atoms with van der Waals surface area (Å²) < 4.78 is 0. The molecule has 0 saturated carbocycles. The Morgan fingerprint density at radius 3 is 2.56 bits per heavy atom. The predicted molar refractivity (Wildman–Crippen MR) is 110 cm³/mol. The van der Waals surface area contributed by atoms with Crippen LogP contribution >= 0.6 is 11.3 Å². The fourth-order valence-electron chi connectivity index (χ4n) is 2.98. The molecule has 1 atom stereocenters. The molecule has 0 spiro atoms. The van der Waals surface area contributed by atoms with Crippen molar-refractivity contribution in [3.63, 3.8) is 0 Å². The second-order valence-electron chi connectivity index (χ2n) is 6.75. The number of benzene rings is 2. The third-order valence-corrected chi connectivity index (χ3v) is 5.90. The lowest BCUT2D eigenvalue weighted by Crippen LogP contribution is -2.26. The predicted octanol–water partition coefficient (Wildman–Crippen LogP) is 4.94. The standard InChI is InChI=1S/C22H24N2O2S/c1-14-8-10-18(11-9-14)22-24-16(3)21(27-22)15(2)23-20(26)13-12-17-6-4-5-7-19(17)25/h4-11,15,25H,12-13H2,1-3H3,(H,23,26). The van der Waals surface area contributed by atoms with Crippen molar-refractivity contribution in [3.8, 4) is 16.3 Å². The molecule has 2 N–H and O–H groups in total. The molecule has 1 heterocycles. The van der Waals surface area contributed by atoms with Gasteiger partial charge in [-0.05, 0) is 38.8 Å². The van der Waals surface area contributed by atoms with Gasteiger partial charge in [0.25, 0.3) is 0 Å². The minimum absolute atomic E-state index is 0.0320. The molecule has 1 unspecified atom stereocenters. The van der Waals surface area contributed by atoms with Crippen molar-refractivity contribution in [3.05, 3.63) is 70.2 Å². The van der Waals surface area contributed by atoms with Gasteiger partial charge in [-0.3, -0.25) is 4.79 Å². The number of nitrogens with one attached hydrogen (secondary N) is 1. The Labute approximate surface area is 163 Å². The highest BCUT2D eigenvalue weighted by atomic mass is 32.1. The third kappa shape index (κ3) is 4.74. The molecule has 3 aromatic rings. The minimum atomic E-state index is -0.0985. The normalized spacial score (nSPS) is 12.0. The Kier molecular flexibility index (Phi) is 5.91. The van der Waals surface area contributed by atoms with E-state index in [2.05, 4.69) is 41.5 Å². The molecule has 0 radical (unpaired) electrons. The number of aromatic hydroxyl groups is 1. The van der Waals surface area contributed by atoms with Gasteiger partial charge in [-0.2, -0.15) is 0 Å². The van der Waals surface area contributed by atoms with Crippen LogP contribution in [0.3, 0.4) is 0 Å². The molecular formula is C22H24N2O2S. The number of thiazole rings is 1. The van der Waals surface area contributed by atoms with Gasteiger partial charge in [-0.25, -0.2) is 4.98 Å². The quantitative estimate of drug-likeness (QED) is 0.636. The first-order chi connectivity index (χ1) is 12.9. The van der Waals surface area contributed by atoms with Crippen LogP contribution in [0.15, 0.2) is 48.5 Å². The average molecular weight is 381 g/mol. The largest absolute Gasteiger partial charge is 0.508 e. The molecule has 0 fully saturated rings. The van der Waals surface area contributed by atoms with E-state index in [9.17, 15) is 9.90 Å². The van der Waals surface area contributed by atoms with E-state index in [0.29, 0.717) is 12.8 Å². The van der Waals surface area contributed by atoms with Crippen LogP contribution in [0.4, 0.5) is 0 Å². The van der Waals surface area contributed by atoms with E-state index in [1.165, 1.54) is 5.56 Å². The molecule has 0 bridgehead atoms.